The molecular formula is C20H28N4O4. The van der Waals surface area contributed by atoms with Gasteiger partial charge in [0.1, 0.15) is 0 Å². The molecule has 3 aliphatic rings. The molecule has 2 aliphatic heterocycles. The fourth-order valence-corrected chi connectivity index (χ4v) is 4.77. The van der Waals surface area contributed by atoms with Gasteiger partial charge in [0.25, 0.3) is 5.56 Å². The van der Waals surface area contributed by atoms with Gasteiger partial charge in [0, 0.05) is 51.4 Å². The molecule has 1 spiro atoms. The lowest BCUT2D eigenvalue weighted by atomic mass is 9.77. The van der Waals surface area contributed by atoms with Crippen molar-refractivity contribution >= 4 is 11.8 Å². The van der Waals surface area contributed by atoms with Crippen molar-refractivity contribution in [2.75, 3.05) is 26.2 Å². The standard InChI is InChI=1S/C20H28N4O4/c25-16-5-10-22(19(28)21-16)11-6-17(26)24-12-8-20(14-24)7-2-9-23(18(20)27)13-15-3-1-4-15/h5,10,15H,1-4,6-9,11-14H2,(H,21,25,28)/t20-/m1/s1. The zero-order valence-corrected chi connectivity index (χ0v) is 16.2. The Labute approximate surface area is 163 Å². The molecule has 2 saturated heterocycles. The van der Waals surface area contributed by atoms with Crippen LogP contribution in [0, 0.1) is 11.3 Å². The number of rotatable bonds is 5. The van der Waals surface area contributed by atoms with E-state index in [4.69, 9.17) is 0 Å². The Morgan fingerprint density at radius 2 is 1.96 bits per heavy atom. The maximum Gasteiger partial charge on any atom is 0.328 e. The summed E-state index contributed by atoms with van der Waals surface area (Å²) in [6.07, 6.45) is 7.92. The largest absolute Gasteiger partial charge is 0.342 e. The second kappa shape index (κ2) is 7.56. The lowest BCUT2D eigenvalue weighted by Gasteiger charge is -2.42. The number of amides is 2. The number of nitrogens with zero attached hydrogens (tertiary/aromatic N) is 3. The minimum Gasteiger partial charge on any atom is -0.342 e. The van der Waals surface area contributed by atoms with Crippen molar-refractivity contribution in [3.63, 3.8) is 0 Å². The molecule has 1 saturated carbocycles. The van der Waals surface area contributed by atoms with E-state index in [0.717, 1.165) is 32.4 Å². The van der Waals surface area contributed by atoms with Gasteiger partial charge in [-0.3, -0.25) is 19.4 Å². The summed E-state index contributed by atoms with van der Waals surface area (Å²) >= 11 is 0. The quantitative estimate of drug-likeness (QED) is 0.798. The van der Waals surface area contributed by atoms with Gasteiger partial charge < -0.3 is 14.4 Å². The normalized spacial score (nSPS) is 25.4. The predicted molar refractivity (Wildman–Crippen MR) is 103 cm³/mol. The number of carbonyl (C=O) groups excluding carboxylic acids is 2. The Hall–Kier alpha value is -2.38. The van der Waals surface area contributed by atoms with Crippen LogP contribution in [0.3, 0.4) is 0 Å². The monoisotopic (exact) mass is 388 g/mol. The molecule has 0 aromatic carbocycles. The Morgan fingerprint density at radius 3 is 2.68 bits per heavy atom. The number of aryl methyl sites for hydroxylation is 1. The van der Waals surface area contributed by atoms with Gasteiger partial charge in [-0.2, -0.15) is 0 Å². The Bertz CT molecular complexity index is 871. The van der Waals surface area contributed by atoms with Gasteiger partial charge in [-0.05, 0) is 38.0 Å². The first-order valence-electron chi connectivity index (χ1n) is 10.3. The summed E-state index contributed by atoms with van der Waals surface area (Å²) in [5.74, 6) is 0.852. The molecule has 1 N–H and O–H groups in total. The van der Waals surface area contributed by atoms with Gasteiger partial charge in [0.2, 0.25) is 11.8 Å². The second-order valence-corrected chi connectivity index (χ2v) is 8.55. The van der Waals surface area contributed by atoms with Gasteiger partial charge in [-0.25, -0.2) is 4.79 Å². The van der Waals surface area contributed by atoms with Crippen molar-refractivity contribution in [2.24, 2.45) is 11.3 Å². The molecule has 152 valence electrons. The van der Waals surface area contributed by atoms with E-state index in [1.807, 2.05) is 4.90 Å². The fraction of sp³-hybridized carbons (Fsp3) is 0.700. The van der Waals surface area contributed by atoms with Gasteiger partial charge in [-0.1, -0.05) is 6.42 Å². The van der Waals surface area contributed by atoms with Gasteiger partial charge in [0.15, 0.2) is 0 Å². The predicted octanol–water partition coefficient (Wildman–Crippen LogP) is 0.568. The SMILES string of the molecule is O=C(CCn1ccc(=O)[nH]c1=O)N1CC[C@]2(CCCN(CC3CCC3)C2=O)C1. The first-order chi connectivity index (χ1) is 13.5. The summed E-state index contributed by atoms with van der Waals surface area (Å²) in [6, 6.07) is 1.27. The van der Waals surface area contributed by atoms with E-state index in [1.54, 1.807) is 4.90 Å². The number of aromatic nitrogens is 2. The molecular weight excluding hydrogens is 360 g/mol. The Morgan fingerprint density at radius 1 is 1.14 bits per heavy atom. The number of hydrogen-bond acceptors (Lipinski definition) is 4. The molecule has 2 amide bonds. The molecule has 0 bridgehead atoms. The van der Waals surface area contributed by atoms with Gasteiger partial charge in [0.05, 0.1) is 5.41 Å². The highest BCUT2D eigenvalue weighted by Crippen LogP contribution is 2.41. The van der Waals surface area contributed by atoms with E-state index in [1.165, 1.54) is 36.1 Å². The molecule has 1 aliphatic carbocycles. The maximum absolute atomic E-state index is 13.2. The summed E-state index contributed by atoms with van der Waals surface area (Å²) in [6.45, 7) is 3.04. The first-order valence-corrected chi connectivity index (χ1v) is 10.3. The molecule has 3 fully saturated rings. The smallest absolute Gasteiger partial charge is 0.328 e. The molecule has 4 rings (SSSR count). The summed E-state index contributed by atoms with van der Waals surface area (Å²) in [5.41, 5.74) is -1.37. The maximum atomic E-state index is 13.2. The lowest BCUT2D eigenvalue weighted by molar-refractivity contribution is -0.147. The molecule has 0 unspecified atom stereocenters. The summed E-state index contributed by atoms with van der Waals surface area (Å²) < 4.78 is 1.33. The third kappa shape index (κ3) is 3.64. The zero-order valence-electron chi connectivity index (χ0n) is 16.2. The highest BCUT2D eigenvalue weighted by molar-refractivity contribution is 5.86. The van der Waals surface area contributed by atoms with E-state index in [2.05, 4.69) is 4.98 Å². The Balaban J connectivity index is 1.35. The Kier molecular flexibility index (Phi) is 5.12. The van der Waals surface area contributed by atoms with Crippen LogP contribution in [0.15, 0.2) is 21.9 Å². The van der Waals surface area contributed by atoms with Crippen LogP contribution in [-0.4, -0.2) is 57.3 Å². The van der Waals surface area contributed by atoms with Gasteiger partial charge in [-0.15, -0.1) is 0 Å². The minimum atomic E-state index is -0.507. The number of likely N-dealkylation sites (tertiary alicyclic amines) is 2. The minimum absolute atomic E-state index is 0.0427. The molecule has 3 heterocycles. The van der Waals surface area contributed by atoms with Crippen molar-refractivity contribution in [3.05, 3.63) is 33.1 Å². The molecule has 1 atom stereocenters. The number of aromatic amines is 1. The molecule has 1 aromatic heterocycles. The van der Waals surface area contributed by atoms with Crippen molar-refractivity contribution in [3.8, 4) is 0 Å². The van der Waals surface area contributed by atoms with E-state index >= 15 is 0 Å². The molecule has 8 heteroatoms. The molecule has 8 nitrogen and oxygen atoms in total. The fourth-order valence-electron chi connectivity index (χ4n) is 4.77. The first kappa shape index (κ1) is 19.0. The second-order valence-electron chi connectivity index (χ2n) is 8.55. The summed E-state index contributed by atoms with van der Waals surface area (Å²) in [7, 11) is 0. The lowest BCUT2D eigenvalue weighted by Crippen LogP contribution is -2.52. The number of carbonyl (C=O) groups is 2. The van der Waals surface area contributed by atoms with Crippen LogP contribution >= 0.6 is 0 Å². The van der Waals surface area contributed by atoms with Crippen molar-refractivity contribution in [1.29, 1.82) is 0 Å². The van der Waals surface area contributed by atoms with Crippen molar-refractivity contribution in [2.45, 2.75) is 51.5 Å². The van der Waals surface area contributed by atoms with Gasteiger partial charge >= 0.3 is 5.69 Å². The van der Waals surface area contributed by atoms with Crippen LogP contribution < -0.4 is 11.2 Å². The number of H-pyrrole nitrogens is 1. The average molecular weight is 388 g/mol. The molecule has 28 heavy (non-hydrogen) atoms. The number of piperidine rings is 1. The third-order valence-corrected chi connectivity index (χ3v) is 6.70. The van der Waals surface area contributed by atoms with E-state index < -0.39 is 16.7 Å². The van der Waals surface area contributed by atoms with Crippen LogP contribution in [0.1, 0.15) is 44.9 Å². The third-order valence-electron chi connectivity index (χ3n) is 6.70. The molecule has 1 aromatic rings. The number of nitrogens with one attached hydrogen (secondary N) is 1. The summed E-state index contributed by atoms with van der Waals surface area (Å²) in [4.78, 5) is 54.7. The van der Waals surface area contributed by atoms with E-state index in [-0.39, 0.29) is 24.8 Å². The zero-order chi connectivity index (χ0) is 19.7. The highest BCUT2D eigenvalue weighted by atomic mass is 16.2. The van der Waals surface area contributed by atoms with Crippen molar-refractivity contribution < 1.29 is 9.59 Å². The van der Waals surface area contributed by atoms with Crippen LogP contribution in [-0.2, 0) is 16.1 Å². The van der Waals surface area contributed by atoms with Crippen LogP contribution in [0.4, 0.5) is 0 Å². The van der Waals surface area contributed by atoms with Crippen LogP contribution in [0.25, 0.3) is 0 Å². The van der Waals surface area contributed by atoms with Crippen LogP contribution in [0.2, 0.25) is 0 Å². The molecule has 0 radical (unpaired) electrons. The topological polar surface area (TPSA) is 95.5 Å². The van der Waals surface area contributed by atoms with E-state index in [9.17, 15) is 19.2 Å². The number of hydrogen-bond donors (Lipinski definition) is 1. The van der Waals surface area contributed by atoms with E-state index in [0.29, 0.717) is 19.0 Å². The van der Waals surface area contributed by atoms with Crippen LogP contribution in [0.5, 0.6) is 0 Å². The summed E-state index contributed by atoms with van der Waals surface area (Å²) in [5, 5.41) is 0. The average Bonchev–Trinajstić information content (AvgIpc) is 3.06. The van der Waals surface area contributed by atoms with Crippen molar-refractivity contribution in [1.82, 2.24) is 19.4 Å². The highest BCUT2D eigenvalue weighted by Gasteiger charge is 2.49.